The van der Waals surface area contributed by atoms with Gasteiger partial charge in [0.2, 0.25) is 6.54 Å². The van der Waals surface area contributed by atoms with Gasteiger partial charge < -0.3 is 26.2 Å². The van der Waals surface area contributed by atoms with Gasteiger partial charge in [-0.2, -0.15) is 0 Å². The van der Waals surface area contributed by atoms with Gasteiger partial charge in [0.1, 0.15) is 6.21 Å². The summed E-state index contributed by atoms with van der Waals surface area (Å²) in [5, 5.41) is 0. The van der Waals surface area contributed by atoms with Crippen molar-refractivity contribution < 1.29 is 35.8 Å². The van der Waals surface area contributed by atoms with Crippen LogP contribution in [-0.2, 0) is 16.1 Å². The zero-order chi connectivity index (χ0) is 24.3. The summed E-state index contributed by atoms with van der Waals surface area (Å²) >= 11 is 0. The summed E-state index contributed by atoms with van der Waals surface area (Å²) in [4.78, 5) is 16.7. The molecule has 0 radical (unpaired) electrons. The Balaban J connectivity index is 0.00000612. The second-order valence-electron chi connectivity index (χ2n) is 9.23. The van der Waals surface area contributed by atoms with Crippen LogP contribution < -0.4 is 21.7 Å². The van der Waals surface area contributed by atoms with E-state index in [1.807, 2.05) is 43.3 Å². The molecule has 0 spiro atoms. The van der Waals surface area contributed by atoms with Crippen molar-refractivity contribution in [1.82, 2.24) is 0 Å². The van der Waals surface area contributed by atoms with Gasteiger partial charge in [0.15, 0.2) is 5.76 Å². The van der Waals surface area contributed by atoms with E-state index in [1.54, 1.807) is 6.21 Å². The van der Waals surface area contributed by atoms with E-state index in [2.05, 4.69) is 11.9 Å². The average molecular weight is 550 g/mol. The number of carbonyl (C=O) groups excluding carboxylic acids is 1. The molecule has 0 fully saturated rings. The van der Waals surface area contributed by atoms with Crippen molar-refractivity contribution in [2.75, 3.05) is 6.61 Å². The first-order chi connectivity index (χ1) is 16.7. The van der Waals surface area contributed by atoms with Crippen LogP contribution in [0.5, 0.6) is 0 Å². The lowest BCUT2D eigenvalue weighted by Crippen LogP contribution is -3.00. The first kappa shape index (κ1) is 31.1. The van der Waals surface area contributed by atoms with Crippen LogP contribution in [0.1, 0.15) is 108 Å². The summed E-state index contributed by atoms with van der Waals surface area (Å²) < 4.78 is 12.5. The normalized spacial score (nSPS) is 11.0. The molecule has 0 atom stereocenters. The van der Waals surface area contributed by atoms with Gasteiger partial charge in [-0.25, -0.2) is 4.79 Å². The molecule has 196 valence electrons. The van der Waals surface area contributed by atoms with Crippen LogP contribution in [0.3, 0.4) is 0 Å². The molecule has 35 heavy (non-hydrogen) atoms. The number of carbonyl (C=O) groups is 1. The third-order valence-electron chi connectivity index (χ3n) is 6.02. The Hall–Kier alpha value is -1.95. The van der Waals surface area contributed by atoms with Crippen LogP contribution >= 0.6 is 0 Å². The molecule has 1 aromatic heterocycles. The Bertz CT molecular complexity index is 821. The van der Waals surface area contributed by atoms with E-state index in [-0.39, 0.29) is 29.5 Å². The second-order valence-corrected chi connectivity index (χ2v) is 9.23. The number of aliphatic imine (C=N–C) groups is 1. The minimum Gasteiger partial charge on any atom is -1.00 e. The Morgan fingerprint density at radius 2 is 1.43 bits per heavy atom. The molecule has 2 aromatic rings. The molecule has 0 unspecified atom stereocenters. The number of halogens is 1. The van der Waals surface area contributed by atoms with Crippen molar-refractivity contribution in [3.63, 3.8) is 0 Å². The highest BCUT2D eigenvalue weighted by atomic mass is 79.9. The molecule has 0 N–H and O–H groups in total. The molecule has 0 saturated carbocycles. The third-order valence-corrected chi connectivity index (χ3v) is 6.02. The number of unbranched alkanes of at least 4 members (excludes halogenated alkanes) is 13. The Morgan fingerprint density at radius 1 is 0.886 bits per heavy atom. The van der Waals surface area contributed by atoms with Crippen molar-refractivity contribution >= 4 is 18.0 Å². The zero-order valence-electron chi connectivity index (χ0n) is 21.9. The van der Waals surface area contributed by atoms with Gasteiger partial charge in [-0.15, -0.1) is 0 Å². The summed E-state index contributed by atoms with van der Waals surface area (Å²) in [6, 6.07) is 11.7. The minimum absolute atomic E-state index is 0. The van der Waals surface area contributed by atoms with Crippen molar-refractivity contribution in [2.24, 2.45) is 4.99 Å². The minimum atomic E-state index is -0.287. The highest BCUT2D eigenvalue weighted by Crippen LogP contribution is 2.13. The number of aryl methyl sites for hydroxylation is 1. The Kier molecular flexibility index (Phi) is 18.0. The summed E-state index contributed by atoms with van der Waals surface area (Å²) in [6.07, 6.45) is 20.2. The van der Waals surface area contributed by atoms with Crippen molar-refractivity contribution in [3.8, 4) is 0 Å². The quantitative estimate of drug-likeness (QED) is 0.111. The predicted octanol–water partition coefficient (Wildman–Crippen LogP) is 4.65. The standard InChI is InChI=1S/C29H45N2O3.BrH/c1-3-4-5-6-7-8-9-10-11-12-13-14-15-19-22-33-29(32)25-31-28(23-26(2)34-31)30-24-27-20-17-16-18-21-27;/h16-18,20-21,23-24H,3-15,19,22,25H2,1-2H3;1H/q+1;/p-1. The van der Waals surface area contributed by atoms with Crippen molar-refractivity contribution in [2.45, 2.75) is 110 Å². The molecule has 0 aliphatic heterocycles. The summed E-state index contributed by atoms with van der Waals surface area (Å²) in [5.74, 6) is 1.03. The smallest absolute Gasteiger partial charge is 0.361 e. The zero-order valence-corrected chi connectivity index (χ0v) is 23.4. The van der Waals surface area contributed by atoms with Gasteiger partial charge in [0, 0.05) is 5.56 Å². The van der Waals surface area contributed by atoms with E-state index >= 15 is 0 Å². The number of aromatic nitrogens is 1. The number of esters is 1. The lowest BCUT2D eigenvalue weighted by molar-refractivity contribution is -0.845. The first-order valence-electron chi connectivity index (χ1n) is 13.4. The largest absolute Gasteiger partial charge is 1.00 e. The van der Waals surface area contributed by atoms with E-state index in [1.165, 1.54) is 81.8 Å². The monoisotopic (exact) mass is 548 g/mol. The number of hydrogen-bond donors (Lipinski definition) is 0. The lowest BCUT2D eigenvalue weighted by atomic mass is 10.0. The molecule has 0 aliphatic carbocycles. The maximum absolute atomic E-state index is 12.2. The van der Waals surface area contributed by atoms with Gasteiger partial charge in [0.25, 0.3) is 0 Å². The maximum atomic E-state index is 12.2. The molecule has 5 nitrogen and oxygen atoms in total. The van der Waals surface area contributed by atoms with Crippen LogP contribution in [-0.4, -0.2) is 18.8 Å². The van der Waals surface area contributed by atoms with Crippen LogP contribution in [0.2, 0.25) is 0 Å². The van der Waals surface area contributed by atoms with Crippen LogP contribution in [0.4, 0.5) is 5.82 Å². The number of benzene rings is 1. The Labute approximate surface area is 223 Å². The topological polar surface area (TPSA) is 55.7 Å². The van der Waals surface area contributed by atoms with Crippen molar-refractivity contribution in [1.29, 1.82) is 0 Å². The highest BCUT2D eigenvalue weighted by molar-refractivity contribution is 5.81. The summed E-state index contributed by atoms with van der Waals surface area (Å²) in [7, 11) is 0. The molecule has 1 aromatic carbocycles. The number of nitrogens with zero attached hydrogens (tertiary/aromatic N) is 2. The molecule has 6 heteroatoms. The lowest BCUT2D eigenvalue weighted by Gasteiger charge is -2.04. The highest BCUT2D eigenvalue weighted by Gasteiger charge is 2.19. The van der Waals surface area contributed by atoms with Crippen LogP contribution in [0.15, 0.2) is 45.9 Å². The average Bonchev–Trinajstić information content (AvgIpc) is 3.19. The second kappa shape index (κ2) is 20.3. The molecular formula is C29H45BrN2O3. The molecule has 0 aliphatic rings. The summed E-state index contributed by atoms with van der Waals surface area (Å²) in [5.41, 5.74) is 0.994. The predicted molar refractivity (Wildman–Crippen MR) is 139 cm³/mol. The van der Waals surface area contributed by atoms with Gasteiger partial charge in [-0.1, -0.05) is 125 Å². The number of hydrogen-bond acceptors (Lipinski definition) is 4. The third kappa shape index (κ3) is 14.9. The molecule has 0 saturated heterocycles. The van der Waals surface area contributed by atoms with Crippen LogP contribution in [0, 0.1) is 6.92 Å². The molecule has 1 heterocycles. The molecular weight excluding hydrogens is 504 g/mol. The van der Waals surface area contributed by atoms with Crippen molar-refractivity contribution in [3.05, 3.63) is 47.7 Å². The molecule has 2 rings (SSSR count). The fourth-order valence-electron chi connectivity index (χ4n) is 4.04. The van der Waals surface area contributed by atoms with E-state index < -0.39 is 0 Å². The first-order valence-corrected chi connectivity index (χ1v) is 13.4. The van der Waals surface area contributed by atoms with Gasteiger partial charge in [-0.05, 0) is 18.3 Å². The van der Waals surface area contributed by atoms with Crippen LogP contribution in [0.25, 0.3) is 0 Å². The summed E-state index contributed by atoms with van der Waals surface area (Å²) in [6.45, 7) is 4.62. The maximum Gasteiger partial charge on any atom is 0.361 e. The number of rotatable bonds is 19. The Morgan fingerprint density at radius 3 is 2.00 bits per heavy atom. The fourth-order valence-corrected chi connectivity index (χ4v) is 4.04. The number of ether oxygens (including phenoxy) is 1. The van der Waals surface area contributed by atoms with Gasteiger partial charge in [0.05, 0.1) is 12.7 Å². The van der Waals surface area contributed by atoms with Gasteiger partial charge >= 0.3 is 11.8 Å². The van der Waals surface area contributed by atoms with E-state index in [0.29, 0.717) is 18.2 Å². The molecule has 0 bridgehead atoms. The fraction of sp³-hybridized carbons (Fsp3) is 0.621. The van der Waals surface area contributed by atoms with E-state index in [0.717, 1.165) is 18.4 Å². The van der Waals surface area contributed by atoms with E-state index in [4.69, 9.17) is 9.26 Å². The van der Waals surface area contributed by atoms with E-state index in [9.17, 15) is 4.79 Å². The molecule has 0 amide bonds. The SMILES string of the molecule is CCCCCCCCCCCCCCCCOC(=O)C[n+]1oc(C)cc1N=Cc1ccccc1.[Br-]. The van der Waals surface area contributed by atoms with Gasteiger partial charge in [-0.3, -0.25) is 0 Å².